The molecule has 4 heteroatoms. The van der Waals surface area contributed by atoms with Crippen LogP contribution in [0.15, 0.2) is 4.99 Å². The highest BCUT2D eigenvalue weighted by Gasteiger charge is 2.07. The predicted molar refractivity (Wildman–Crippen MR) is 46.7 cm³/mol. The molecule has 0 aromatic carbocycles. The maximum atomic E-state index is 6.63. The van der Waals surface area contributed by atoms with Crippen molar-refractivity contribution < 1.29 is 9.47 Å². The van der Waals surface area contributed by atoms with E-state index >= 15 is 0 Å². The van der Waals surface area contributed by atoms with Crippen LogP contribution in [0.3, 0.4) is 0 Å². The maximum absolute atomic E-state index is 6.63. The SMILES string of the molecule is COC(CCC(C)N=C=N)OC. The van der Waals surface area contributed by atoms with Crippen molar-refractivity contribution in [3.8, 4) is 0 Å². The van der Waals surface area contributed by atoms with Gasteiger partial charge in [0.2, 0.25) is 0 Å². The van der Waals surface area contributed by atoms with Gasteiger partial charge in [0.05, 0.1) is 12.1 Å². The first-order valence-electron chi connectivity index (χ1n) is 3.91. The van der Waals surface area contributed by atoms with Crippen LogP contribution in [0.25, 0.3) is 0 Å². The topological polar surface area (TPSA) is 54.7 Å². The zero-order valence-electron chi connectivity index (χ0n) is 7.83. The molecule has 0 saturated heterocycles. The Morgan fingerprint density at radius 3 is 2.33 bits per heavy atom. The molecule has 0 aromatic rings. The first kappa shape index (κ1) is 11.3. The molecule has 0 fully saturated rings. The molecular weight excluding hydrogens is 156 g/mol. The summed E-state index contributed by atoms with van der Waals surface area (Å²) in [5.74, 6) is 0. The summed E-state index contributed by atoms with van der Waals surface area (Å²) in [4.78, 5) is 3.77. The number of hydrogen-bond donors (Lipinski definition) is 1. The summed E-state index contributed by atoms with van der Waals surface area (Å²) < 4.78 is 9.99. The van der Waals surface area contributed by atoms with Gasteiger partial charge < -0.3 is 9.47 Å². The van der Waals surface area contributed by atoms with E-state index in [1.807, 2.05) is 12.9 Å². The van der Waals surface area contributed by atoms with Gasteiger partial charge in [-0.25, -0.2) is 10.4 Å². The Kier molecular flexibility index (Phi) is 6.57. The Hall–Kier alpha value is -0.700. The number of rotatable bonds is 6. The number of methoxy groups -OCH3 is 2. The van der Waals surface area contributed by atoms with Gasteiger partial charge in [-0.1, -0.05) is 0 Å². The molecule has 1 atom stereocenters. The molecule has 0 amide bonds. The number of nitrogens with zero attached hydrogens (tertiary/aromatic N) is 1. The van der Waals surface area contributed by atoms with Gasteiger partial charge in [-0.3, -0.25) is 0 Å². The molecule has 1 unspecified atom stereocenters. The summed E-state index contributed by atoms with van der Waals surface area (Å²) >= 11 is 0. The van der Waals surface area contributed by atoms with E-state index < -0.39 is 0 Å². The van der Waals surface area contributed by atoms with Gasteiger partial charge in [-0.15, -0.1) is 0 Å². The maximum Gasteiger partial charge on any atom is 0.156 e. The van der Waals surface area contributed by atoms with E-state index in [2.05, 4.69) is 4.99 Å². The summed E-state index contributed by atoms with van der Waals surface area (Å²) in [6.45, 7) is 1.93. The molecule has 0 aliphatic heterocycles. The largest absolute Gasteiger partial charge is 0.356 e. The summed E-state index contributed by atoms with van der Waals surface area (Å²) in [5.41, 5.74) is 0. The van der Waals surface area contributed by atoms with Crippen LogP contribution in [0.2, 0.25) is 0 Å². The molecule has 0 bridgehead atoms. The third kappa shape index (κ3) is 5.02. The second-order valence-corrected chi connectivity index (χ2v) is 2.57. The van der Waals surface area contributed by atoms with Crippen LogP contribution in [0.4, 0.5) is 0 Å². The molecule has 70 valence electrons. The number of hydrogen-bond acceptors (Lipinski definition) is 4. The Bertz CT molecular complexity index is 151. The Labute approximate surface area is 73.1 Å². The summed E-state index contributed by atoms with van der Waals surface area (Å²) in [5, 5.41) is 6.63. The number of aliphatic imine (C=N–C) groups is 1. The Morgan fingerprint density at radius 2 is 1.92 bits per heavy atom. The minimum atomic E-state index is -0.159. The van der Waals surface area contributed by atoms with E-state index in [1.54, 1.807) is 14.2 Å². The molecular formula is C8H16N2O2. The molecule has 0 heterocycles. The fraction of sp³-hybridized carbons (Fsp3) is 0.875. The summed E-state index contributed by atoms with van der Waals surface area (Å²) in [6, 6.07) is 2.14. The molecule has 12 heavy (non-hydrogen) atoms. The molecule has 1 N–H and O–H groups in total. The lowest BCUT2D eigenvalue weighted by atomic mass is 10.2. The van der Waals surface area contributed by atoms with E-state index in [9.17, 15) is 0 Å². The average Bonchev–Trinajstić information content (AvgIpc) is 2.07. The highest BCUT2D eigenvalue weighted by Crippen LogP contribution is 2.06. The first-order valence-corrected chi connectivity index (χ1v) is 3.91. The molecule has 0 saturated carbocycles. The number of ether oxygens (including phenoxy) is 2. The van der Waals surface area contributed by atoms with Crippen LogP contribution in [0.5, 0.6) is 0 Å². The van der Waals surface area contributed by atoms with Crippen molar-refractivity contribution in [2.24, 2.45) is 4.99 Å². The van der Waals surface area contributed by atoms with Crippen molar-refractivity contribution in [3.63, 3.8) is 0 Å². The van der Waals surface area contributed by atoms with Crippen molar-refractivity contribution >= 4 is 6.01 Å². The third-order valence-corrected chi connectivity index (χ3v) is 1.63. The van der Waals surface area contributed by atoms with Crippen LogP contribution in [-0.2, 0) is 9.47 Å². The highest BCUT2D eigenvalue weighted by atomic mass is 16.7. The molecule has 0 aliphatic rings. The monoisotopic (exact) mass is 172 g/mol. The molecule has 4 nitrogen and oxygen atoms in total. The highest BCUT2D eigenvalue weighted by molar-refractivity contribution is 5.36. The van der Waals surface area contributed by atoms with Gasteiger partial charge in [0.15, 0.2) is 6.29 Å². The van der Waals surface area contributed by atoms with Crippen LogP contribution < -0.4 is 0 Å². The molecule has 0 rings (SSSR count). The van der Waals surface area contributed by atoms with Gasteiger partial charge >= 0.3 is 0 Å². The van der Waals surface area contributed by atoms with Crippen LogP contribution in [0.1, 0.15) is 19.8 Å². The van der Waals surface area contributed by atoms with Crippen molar-refractivity contribution in [2.45, 2.75) is 32.1 Å². The Morgan fingerprint density at radius 1 is 1.33 bits per heavy atom. The second-order valence-electron chi connectivity index (χ2n) is 2.57. The zero-order valence-corrected chi connectivity index (χ0v) is 7.83. The van der Waals surface area contributed by atoms with Gasteiger partial charge in [0.25, 0.3) is 0 Å². The van der Waals surface area contributed by atoms with Crippen molar-refractivity contribution in [2.75, 3.05) is 14.2 Å². The van der Waals surface area contributed by atoms with E-state index in [0.29, 0.717) is 0 Å². The summed E-state index contributed by atoms with van der Waals surface area (Å²) in [7, 11) is 3.22. The fourth-order valence-electron chi connectivity index (χ4n) is 0.884. The fourth-order valence-corrected chi connectivity index (χ4v) is 0.884. The quantitative estimate of drug-likeness (QED) is 0.488. The second kappa shape index (κ2) is 6.98. The third-order valence-electron chi connectivity index (χ3n) is 1.63. The molecule has 0 spiro atoms. The number of nitrogens with one attached hydrogen (secondary N) is 1. The van der Waals surface area contributed by atoms with E-state index in [0.717, 1.165) is 12.8 Å². The van der Waals surface area contributed by atoms with Gasteiger partial charge in [-0.05, 0) is 13.3 Å². The predicted octanol–water partition coefficient (Wildman–Crippen LogP) is 1.53. The van der Waals surface area contributed by atoms with Crippen LogP contribution in [-0.4, -0.2) is 32.6 Å². The average molecular weight is 172 g/mol. The normalized spacial score (nSPS) is 12.7. The summed E-state index contributed by atoms with van der Waals surface area (Å²) in [6.07, 6.45) is 1.48. The Balaban J connectivity index is 3.57. The molecule has 0 aromatic heterocycles. The van der Waals surface area contributed by atoms with Gasteiger partial charge in [0, 0.05) is 20.6 Å². The van der Waals surface area contributed by atoms with Gasteiger partial charge in [0.1, 0.15) is 0 Å². The first-order chi connectivity index (χ1) is 5.74. The smallest absolute Gasteiger partial charge is 0.156 e. The van der Waals surface area contributed by atoms with Crippen molar-refractivity contribution in [3.05, 3.63) is 0 Å². The lowest BCUT2D eigenvalue weighted by molar-refractivity contribution is -0.107. The molecule has 0 radical (unpaired) electrons. The minimum Gasteiger partial charge on any atom is -0.356 e. The minimum absolute atomic E-state index is 0.121. The van der Waals surface area contributed by atoms with E-state index in [4.69, 9.17) is 14.9 Å². The van der Waals surface area contributed by atoms with Crippen molar-refractivity contribution in [1.29, 1.82) is 5.41 Å². The molecule has 0 aliphatic carbocycles. The van der Waals surface area contributed by atoms with E-state index in [1.165, 1.54) is 0 Å². The lowest BCUT2D eigenvalue weighted by Gasteiger charge is -2.13. The van der Waals surface area contributed by atoms with Gasteiger partial charge in [-0.2, -0.15) is 0 Å². The van der Waals surface area contributed by atoms with Crippen molar-refractivity contribution in [1.82, 2.24) is 0 Å². The van der Waals surface area contributed by atoms with Crippen LogP contribution >= 0.6 is 0 Å². The van der Waals surface area contributed by atoms with Crippen LogP contribution in [0, 0.1) is 5.41 Å². The standard InChI is InChI=1S/C8H16N2O2/c1-7(10-6-9)4-5-8(11-2)12-3/h7-9H,4-5H2,1-3H3. The lowest BCUT2D eigenvalue weighted by Crippen LogP contribution is -2.14. The van der Waals surface area contributed by atoms with E-state index in [-0.39, 0.29) is 12.3 Å². The zero-order chi connectivity index (χ0) is 9.40.